The molecule has 0 unspecified atom stereocenters. The van der Waals surface area contributed by atoms with Gasteiger partial charge in [-0.15, -0.1) is 0 Å². The molecule has 4 nitrogen and oxygen atoms in total. The standard InChI is InChI=1S/C8H12F3NO3S/c9-8(10,11)16(14,15)6-2-5-12-4-1-3-7(12)13/h1-6H2. The maximum Gasteiger partial charge on any atom is 0.497 e. The predicted octanol–water partition coefficient (Wildman–Crippen LogP) is 0.934. The van der Waals surface area contributed by atoms with Crippen molar-refractivity contribution < 1.29 is 26.4 Å². The van der Waals surface area contributed by atoms with Gasteiger partial charge in [-0.25, -0.2) is 8.42 Å². The van der Waals surface area contributed by atoms with Crippen LogP contribution in [0.25, 0.3) is 0 Å². The van der Waals surface area contributed by atoms with Gasteiger partial charge in [0.15, 0.2) is 0 Å². The van der Waals surface area contributed by atoms with Gasteiger partial charge in [-0.3, -0.25) is 4.79 Å². The van der Waals surface area contributed by atoms with E-state index in [1.165, 1.54) is 4.90 Å². The molecule has 1 aliphatic heterocycles. The van der Waals surface area contributed by atoms with Crippen molar-refractivity contribution in [1.82, 2.24) is 4.90 Å². The molecule has 0 atom stereocenters. The number of hydrogen-bond acceptors (Lipinski definition) is 3. The largest absolute Gasteiger partial charge is 0.497 e. The predicted molar refractivity (Wildman–Crippen MR) is 50.3 cm³/mol. The van der Waals surface area contributed by atoms with Crippen LogP contribution in [0, 0.1) is 0 Å². The number of rotatable bonds is 4. The van der Waals surface area contributed by atoms with Gasteiger partial charge >= 0.3 is 5.51 Å². The number of hydrogen-bond donors (Lipinski definition) is 0. The molecule has 0 aliphatic carbocycles. The van der Waals surface area contributed by atoms with E-state index in [1.54, 1.807) is 0 Å². The Morgan fingerprint density at radius 3 is 2.38 bits per heavy atom. The Kier molecular flexibility index (Phi) is 3.82. The second-order valence-corrected chi connectivity index (χ2v) is 5.70. The Morgan fingerprint density at radius 1 is 1.31 bits per heavy atom. The van der Waals surface area contributed by atoms with Crippen LogP contribution < -0.4 is 0 Å². The van der Waals surface area contributed by atoms with E-state index in [9.17, 15) is 26.4 Å². The van der Waals surface area contributed by atoms with Crippen molar-refractivity contribution >= 4 is 15.7 Å². The van der Waals surface area contributed by atoms with Gasteiger partial charge in [-0.1, -0.05) is 0 Å². The lowest BCUT2D eigenvalue weighted by Gasteiger charge is -2.15. The second-order valence-electron chi connectivity index (χ2n) is 3.60. The lowest BCUT2D eigenvalue weighted by molar-refractivity contribution is -0.127. The second kappa shape index (κ2) is 4.60. The third-order valence-electron chi connectivity index (χ3n) is 2.37. The van der Waals surface area contributed by atoms with Crippen LogP contribution in [-0.2, 0) is 14.6 Å². The molecule has 16 heavy (non-hydrogen) atoms. The first-order chi connectivity index (χ1) is 7.24. The molecule has 0 radical (unpaired) electrons. The number of sulfone groups is 1. The summed E-state index contributed by atoms with van der Waals surface area (Å²) in [7, 11) is -5.04. The normalized spacial score (nSPS) is 18.2. The molecule has 1 heterocycles. The van der Waals surface area contributed by atoms with Crippen molar-refractivity contribution in [2.75, 3.05) is 18.8 Å². The highest BCUT2D eigenvalue weighted by Crippen LogP contribution is 2.24. The number of carbonyl (C=O) groups excluding carboxylic acids is 1. The molecule has 1 rings (SSSR count). The third kappa shape index (κ3) is 3.10. The molecule has 0 bridgehead atoms. The minimum Gasteiger partial charge on any atom is -0.343 e. The molecule has 94 valence electrons. The maximum absolute atomic E-state index is 11.9. The average Bonchev–Trinajstić information content (AvgIpc) is 2.49. The Hall–Kier alpha value is -0.790. The van der Waals surface area contributed by atoms with Crippen LogP contribution >= 0.6 is 0 Å². The number of likely N-dealkylation sites (tertiary alicyclic amines) is 1. The van der Waals surface area contributed by atoms with Crippen molar-refractivity contribution in [3.05, 3.63) is 0 Å². The highest BCUT2D eigenvalue weighted by molar-refractivity contribution is 7.92. The average molecular weight is 259 g/mol. The van der Waals surface area contributed by atoms with E-state index in [0.29, 0.717) is 19.4 Å². The van der Waals surface area contributed by atoms with E-state index >= 15 is 0 Å². The first-order valence-electron chi connectivity index (χ1n) is 4.81. The maximum atomic E-state index is 11.9. The SMILES string of the molecule is O=C1CCCN1CCCS(=O)(=O)C(F)(F)F. The fourth-order valence-corrected chi connectivity index (χ4v) is 2.24. The van der Waals surface area contributed by atoms with Gasteiger partial charge in [0.1, 0.15) is 0 Å². The summed E-state index contributed by atoms with van der Waals surface area (Å²) in [6, 6.07) is 0. The molecule has 0 N–H and O–H groups in total. The van der Waals surface area contributed by atoms with E-state index in [1.807, 2.05) is 0 Å². The van der Waals surface area contributed by atoms with E-state index < -0.39 is 21.1 Å². The smallest absolute Gasteiger partial charge is 0.343 e. The number of amides is 1. The lowest BCUT2D eigenvalue weighted by atomic mass is 10.4. The van der Waals surface area contributed by atoms with Crippen molar-refractivity contribution in [3.8, 4) is 0 Å². The Balaban J connectivity index is 2.39. The van der Waals surface area contributed by atoms with E-state index in [-0.39, 0.29) is 18.9 Å². The summed E-state index contributed by atoms with van der Waals surface area (Å²) in [5.41, 5.74) is -5.19. The summed E-state index contributed by atoms with van der Waals surface area (Å²) in [4.78, 5) is 12.5. The molecule has 0 aromatic carbocycles. The zero-order valence-corrected chi connectivity index (χ0v) is 9.27. The third-order valence-corrected chi connectivity index (χ3v) is 3.90. The summed E-state index contributed by atoms with van der Waals surface area (Å²) in [6.07, 6.45) is 0.907. The monoisotopic (exact) mass is 259 g/mol. The molecule has 8 heteroatoms. The van der Waals surface area contributed by atoms with Crippen LogP contribution in [0.3, 0.4) is 0 Å². The van der Waals surface area contributed by atoms with E-state index in [2.05, 4.69) is 0 Å². The molecule has 0 aromatic rings. The minimum absolute atomic E-state index is 0.0775. The number of alkyl halides is 3. The van der Waals surface area contributed by atoms with Crippen molar-refractivity contribution in [2.24, 2.45) is 0 Å². The highest BCUT2D eigenvalue weighted by Gasteiger charge is 2.44. The summed E-state index contributed by atoms with van der Waals surface area (Å²) in [5.74, 6) is -1.08. The first-order valence-corrected chi connectivity index (χ1v) is 6.46. The Bertz CT molecular complexity index is 363. The van der Waals surface area contributed by atoms with Crippen molar-refractivity contribution in [3.63, 3.8) is 0 Å². The zero-order valence-electron chi connectivity index (χ0n) is 8.46. The molecular weight excluding hydrogens is 247 g/mol. The fraction of sp³-hybridized carbons (Fsp3) is 0.875. The molecule has 1 amide bonds. The summed E-state index contributed by atoms with van der Waals surface area (Å²) in [5, 5.41) is 0. The van der Waals surface area contributed by atoms with Crippen LogP contribution in [0.5, 0.6) is 0 Å². The van der Waals surface area contributed by atoms with Crippen molar-refractivity contribution in [1.29, 1.82) is 0 Å². The van der Waals surface area contributed by atoms with Crippen LogP contribution in [0.1, 0.15) is 19.3 Å². The minimum atomic E-state index is -5.19. The quantitative estimate of drug-likeness (QED) is 0.754. The first kappa shape index (κ1) is 13.3. The number of halogens is 3. The van der Waals surface area contributed by atoms with Gasteiger partial charge in [0.2, 0.25) is 15.7 Å². The molecule has 0 aromatic heterocycles. The zero-order chi connectivity index (χ0) is 12.4. The van der Waals surface area contributed by atoms with Gasteiger partial charge < -0.3 is 4.90 Å². The van der Waals surface area contributed by atoms with Crippen LogP contribution in [0.15, 0.2) is 0 Å². The van der Waals surface area contributed by atoms with Gasteiger partial charge in [-0.05, 0) is 12.8 Å². The summed E-state index contributed by atoms with van der Waals surface area (Å²) in [6.45, 7) is 0.582. The molecule has 1 aliphatic rings. The molecule has 0 saturated carbocycles. The Labute approximate surface area is 91.3 Å². The number of nitrogens with zero attached hydrogens (tertiary/aromatic N) is 1. The molecule has 0 spiro atoms. The van der Waals surface area contributed by atoms with Gasteiger partial charge in [0.05, 0.1) is 5.75 Å². The topological polar surface area (TPSA) is 54.5 Å². The lowest BCUT2D eigenvalue weighted by Crippen LogP contribution is -2.30. The molecule has 1 saturated heterocycles. The summed E-state index contributed by atoms with van der Waals surface area (Å²) >= 11 is 0. The van der Waals surface area contributed by atoms with Gasteiger partial charge in [0, 0.05) is 19.5 Å². The van der Waals surface area contributed by atoms with Crippen molar-refractivity contribution in [2.45, 2.75) is 24.8 Å². The number of carbonyl (C=O) groups is 1. The van der Waals surface area contributed by atoms with Crippen LogP contribution in [0.2, 0.25) is 0 Å². The molecule has 1 fully saturated rings. The fourth-order valence-electron chi connectivity index (χ4n) is 1.50. The highest BCUT2D eigenvalue weighted by atomic mass is 32.2. The molecular formula is C8H12F3NO3S. The van der Waals surface area contributed by atoms with Gasteiger partial charge in [0.25, 0.3) is 0 Å². The van der Waals surface area contributed by atoms with Crippen LogP contribution in [0.4, 0.5) is 13.2 Å². The van der Waals surface area contributed by atoms with Crippen LogP contribution in [-0.4, -0.2) is 43.6 Å². The van der Waals surface area contributed by atoms with E-state index in [0.717, 1.165) is 0 Å². The Morgan fingerprint density at radius 2 is 1.94 bits per heavy atom. The summed E-state index contributed by atoms with van der Waals surface area (Å²) < 4.78 is 57.2. The van der Waals surface area contributed by atoms with Gasteiger partial charge in [-0.2, -0.15) is 13.2 Å². The van der Waals surface area contributed by atoms with E-state index in [4.69, 9.17) is 0 Å².